The number of rotatable bonds is 3. The van der Waals surface area contributed by atoms with Gasteiger partial charge in [-0.1, -0.05) is 12.5 Å². The van der Waals surface area contributed by atoms with Crippen LogP contribution in [0.15, 0.2) is 12.8 Å². The highest BCUT2D eigenvalue weighted by Crippen LogP contribution is 1.77. The van der Waals surface area contributed by atoms with Crippen LogP contribution < -0.4 is 0 Å². The summed E-state index contributed by atoms with van der Waals surface area (Å²) < 4.78 is 4.69. The summed E-state index contributed by atoms with van der Waals surface area (Å²) in [6.45, 7) is 3.82. The minimum atomic E-state index is 0.497. The van der Waals surface area contributed by atoms with Crippen LogP contribution in [0.3, 0.4) is 0 Å². The fraction of sp³-hybridized carbons (Fsp3) is 0.333. The molecule has 0 aliphatic carbocycles. The second kappa shape index (κ2) is 5.90. The van der Waals surface area contributed by atoms with Crippen molar-refractivity contribution in [1.29, 1.82) is 0 Å². The van der Waals surface area contributed by atoms with Crippen molar-refractivity contribution in [3.63, 3.8) is 0 Å². The second-order valence-corrected chi connectivity index (χ2v) is 1.08. The first-order valence-electron chi connectivity index (χ1n) is 2.26. The van der Waals surface area contributed by atoms with E-state index >= 15 is 0 Å². The average Bonchev–Trinajstić information content (AvgIpc) is 1.81. The molecule has 0 unspecified atom stereocenters. The van der Waals surface area contributed by atoms with Gasteiger partial charge in [-0.3, -0.25) is 0 Å². The number of aliphatic hydroxyl groups is 1. The van der Waals surface area contributed by atoms with Crippen molar-refractivity contribution < 1.29 is 9.84 Å². The van der Waals surface area contributed by atoms with Gasteiger partial charge in [-0.25, -0.2) is 0 Å². The molecule has 0 rings (SSSR count). The maximum absolute atomic E-state index is 7.92. The summed E-state index contributed by atoms with van der Waals surface area (Å²) in [5, 5.41) is 7.92. The molecular weight excluding hydrogens is 104 g/mol. The fourth-order valence-corrected chi connectivity index (χ4v) is 0.249. The Bertz CT molecular complexity index is 107. The van der Waals surface area contributed by atoms with Crippen LogP contribution in [-0.4, -0.2) is 11.7 Å². The zero-order valence-electron chi connectivity index (χ0n) is 4.55. The lowest BCUT2D eigenvalue weighted by Crippen LogP contribution is -1.82. The zero-order chi connectivity index (χ0) is 6.24. The molecule has 0 radical (unpaired) electrons. The SMILES string of the molecule is C=COCCC#CO. The molecule has 0 heterocycles. The van der Waals surface area contributed by atoms with Gasteiger partial charge in [-0.15, -0.1) is 0 Å². The van der Waals surface area contributed by atoms with E-state index in [9.17, 15) is 0 Å². The van der Waals surface area contributed by atoms with Crippen LogP contribution in [0.5, 0.6) is 0 Å². The van der Waals surface area contributed by atoms with E-state index in [0.29, 0.717) is 13.0 Å². The van der Waals surface area contributed by atoms with Gasteiger partial charge in [0, 0.05) is 6.42 Å². The molecule has 0 saturated heterocycles. The van der Waals surface area contributed by atoms with Gasteiger partial charge in [0.15, 0.2) is 0 Å². The third-order valence-corrected chi connectivity index (χ3v) is 0.542. The summed E-state index contributed by atoms with van der Waals surface area (Å²) in [5.41, 5.74) is 0. The molecule has 0 aliphatic heterocycles. The van der Waals surface area contributed by atoms with E-state index in [0.717, 1.165) is 0 Å². The van der Waals surface area contributed by atoms with Crippen LogP contribution in [0.4, 0.5) is 0 Å². The quantitative estimate of drug-likeness (QED) is 0.333. The Morgan fingerprint density at radius 1 is 1.75 bits per heavy atom. The maximum Gasteiger partial charge on any atom is 0.107 e. The smallest absolute Gasteiger partial charge is 0.107 e. The monoisotopic (exact) mass is 112 g/mol. The van der Waals surface area contributed by atoms with Crippen LogP contribution in [0.2, 0.25) is 0 Å². The number of aliphatic hydroxyl groups excluding tert-OH is 1. The summed E-state index contributed by atoms with van der Waals surface area (Å²) in [6, 6.07) is 0. The summed E-state index contributed by atoms with van der Waals surface area (Å²) >= 11 is 0. The average molecular weight is 112 g/mol. The van der Waals surface area contributed by atoms with E-state index in [2.05, 4.69) is 17.2 Å². The number of hydrogen-bond donors (Lipinski definition) is 1. The summed E-state index contributed by atoms with van der Waals surface area (Å²) in [5.74, 6) is 2.42. The van der Waals surface area contributed by atoms with Gasteiger partial charge < -0.3 is 9.84 Å². The van der Waals surface area contributed by atoms with Crippen LogP contribution >= 0.6 is 0 Å². The minimum Gasteiger partial charge on any atom is -0.501 e. The van der Waals surface area contributed by atoms with Gasteiger partial charge in [0.1, 0.15) is 6.11 Å². The molecule has 0 fully saturated rings. The molecular formula is C6H8O2. The molecule has 0 saturated carbocycles. The van der Waals surface area contributed by atoms with E-state index < -0.39 is 0 Å². The number of ether oxygens (including phenoxy) is 1. The zero-order valence-corrected chi connectivity index (χ0v) is 4.55. The van der Waals surface area contributed by atoms with Gasteiger partial charge in [0.25, 0.3) is 0 Å². The van der Waals surface area contributed by atoms with Crippen molar-refractivity contribution in [3.8, 4) is 12.0 Å². The molecule has 2 nitrogen and oxygen atoms in total. The first-order chi connectivity index (χ1) is 3.91. The number of hydrogen-bond acceptors (Lipinski definition) is 2. The minimum absolute atomic E-state index is 0.497. The van der Waals surface area contributed by atoms with E-state index in [4.69, 9.17) is 5.11 Å². The lowest BCUT2D eigenvalue weighted by molar-refractivity contribution is 0.259. The van der Waals surface area contributed by atoms with Gasteiger partial charge in [-0.2, -0.15) is 0 Å². The van der Waals surface area contributed by atoms with Crippen LogP contribution in [0.25, 0.3) is 0 Å². The van der Waals surface area contributed by atoms with Gasteiger partial charge in [-0.05, 0) is 0 Å². The van der Waals surface area contributed by atoms with Gasteiger partial charge >= 0.3 is 0 Å². The Morgan fingerprint density at radius 3 is 3.00 bits per heavy atom. The molecule has 0 aliphatic rings. The Kier molecular flexibility index (Phi) is 5.09. The normalized spacial score (nSPS) is 6.50. The lowest BCUT2D eigenvalue weighted by atomic mass is 10.5. The molecule has 8 heavy (non-hydrogen) atoms. The Balaban J connectivity index is 2.89. The molecule has 0 amide bonds. The third kappa shape index (κ3) is 4.90. The highest BCUT2D eigenvalue weighted by Gasteiger charge is 1.74. The van der Waals surface area contributed by atoms with Crippen LogP contribution in [0, 0.1) is 12.0 Å². The Hall–Kier alpha value is -1.10. The maximum atomic E-state index is 7.92. The summed E-state index contributed by atoms with van der Waals surface area (Å²) in [7, 11) is 0. The molecule has 44 valence electrons. The third-order valence-electron chi connectivity index (χ3n) is 0.542. The van der Waals surface area contributed by atoms with Crippen LogP contribution in [0.1, 0.15) is 6.42 Å². The first-order valence-corrected chi connectivity index (χ1v) is 2.26. The first kappa shape index (κ1) is 6.90. The molecule has 0 aromatic carbocycles. The predicted octanol–water partition coefficient (Wildman–Crippen LogP) is 0.870. The molecule has 2 heteroatoms. The summed E-state index contributed by atoms with van der Waals surface area (Å²) in [6.07, 6.45) is 3.65. The lowest BCUT2D eigenvalue weighted by Gasteiger charge is -1.90. The standard InChI is InChI=1S/C6H8O2/c1-2-8-6-4-3-5-7/h2,7H,1,4,6H2. The molecule has 0 spiro atoms. The fourth-order valence-electron chi connectivity index (χ4n) is 0.249. The molecule has 0 aromatic heterocycles. The van der Waals surface area contributed by atoms with Crippen molar-refractivity contribution >= 4 is 0 Å². The van der Waals surface area contributed by atoms with E-state index in [-0.39, 0.29) is 0 Å². The van der Waals surface area contributed by atoms with Crippen molar-refractivity contribution in [2.45, 2.75) is 6.42 Å². The topological polar surface area (TPSA) is 29.5 Å². The largest absolute Gasteiger partial charge is 0.501 e. The second-order valence-electron chi connectivity index (χ2n) is 1.08. The van der Waals surface area contributed by atoms with Gasteiger partial charge in [0.05, 0.1) is 12.9 Å². The van der Waals surface area contributed by atoms with Crippen molar-refractivity contribution in [2.24, 2.45) is 0 Å². The highest BCUT2D eigenvalue weighted by molar-refractivity contribution is 4.89. The van der Waals surface area contributed by atoms with E-state index in [1.54, 1.807) is 6.11 Å². The molecule has 0 bridgehead atoms. The Morgan fingerprint density at radius 2 is 2.50 bits per heavy atom. The predicted molar refractivity (Wildman–Crippen MR) is 30.5 cm³/mol. The summed E-state index contributed by atoms with van der Waals surface area (Å²) in [4.78, 5) is 0. The highest BCUT2D eigenvalue weighted by atomic mass is 16.5. The van der Waals surface area contributed by atoms with Crippen molar-refractivity contribution in [2.75, 3.05) is 6.61 Å². The van der Waals surface area contributed by atoms with E-state index in [1.165, 1.54) is 6.26 Å². The van der Waals surface area contributed by atoms with Crippen molar-refractivity contribution in [1.82, 2.24) is 0 Å². The molecule has 0 aromatic rings. The molecule has 0 atom stereocenters. The Labute approximate surface area is 48.8 Å². The van der Waals surface area contributed by atoms with Crippen molar-refractivity contribution in [3.05, 3.63) is 12.8 Å². The van der Waals surface area contributed by atoms with Crippen LogP contribution in [-0.2, 0) is 4.74 Å². The van der Waals surface area contributed by atoms with Gasteiger partial charge in [0.2, 0.25) is 0 Å². The molecule has 1 N–H and O–H groups in total. The van der Waals surface area contributed by atoms with E-state index in [1.807, 2.05) is 0 Å².